The zero-order valence-electron chi connectivity index (χ0n) is 19.2. The number of methoxy groups -OCH3 is 1. The molecule has 1 aromatic carbocycles. The molecule has 7 heteroatoms. The van der Waals surface area contributed by atoms with Gasteiger partial charge in [0.2, 0.25) is 5.91 Å². The minimum Gasteiger partial charge on any atom is -0.493 e. The lowest BCUT2D eigenvalue weighted by Crippen LogP contribution is -2.50. The summed E-state index contributed by atoms with van der Waals surface area (Å²) in [5.41, 5.74) is 1.23. The molecule has 0 radical (unpaired) electrons. The molecule has 0 unspecified atom stereocenters. The summed E-state index contributed by atoms with van der Waals surface area (Å²) in [5, 5.41) is 6.90. The Kier molecular flexibility index (Phi) is 9.77. The topological polar surface area (TPSA) is 75.2 Å². The van der Waals surface area contributed by atoms with Gasteiger partial charge >= 0.3 is 0 Å². The second-order valence-corrected chi connectivity index (χ2v) is 7.92. The van der Waals surface area contributed by atoms with E-state index in [9.17, 15) is 4.79 Å². The van der Waals surface area contributed by atoms with Crippen LogP contribution in [0.15, 0.2) is 23.2 Å². The van der Waals surface area contributed by atoms with Gasteiger partial charge in [0.25, 0.3) is 0 Å². The van der Waals surface area contributed by atoms with Crippen molar-refractivity contribution in [2.24, 2.45) is 10.9 Å². The maximum absolute atomic E-state index is 12.1. The van der Waals surface area contributed by atoms with Crippen LogP contribution in [0.25, 0.3) is 0 Å². The normalized spacial score (nSPS) is 15.3. The number of likely N-dealkylation sites (tertiary alicyclic amines) is 1. The number of ether oxygens (including phenoxy) is 2. The third-order valence-corrected chi connectivity index (χ3v) is 5.33. The summed E-state index contributed by atoms with van der Waals surface area (Å²) in [4.78, 5) is 18.4. The molecule has 2 N–H and O–H groups in total. The monoisotopic (exact) mass is 418 g/mol. The third-order valence-electron chi connectivity index (χ3n) is 5.33. The molecule has 1 aliphatic rings. The number of carbonyl (C=O) groups is 1. The molecular weight excluding hydrogens is 380 g/mol. The lowest BCUT2D eigenvalue weighted by atomic mass is 10.0. The molecule has 2 rings (SSSR count). The standard InChI is InChI=1S/C23H38N4O3/c1-6-30-21-16-18(9-10-20(21)29-5)8-7-13-25-23(24-4)26-19-11-14-27(15-12-19)22(28)17(2)3/h9-10,16-17,19H,6-8,11-15H2,1-5H3,(H2,24,25,26). The molecule has 0 aromatic heterocycles. The molecule has 1 saturated heterocycles. The highest BCUT2D eigenvalue weighted by Crippen LogP contribution is 2.28. The van der Waals surface area contributed by atoms with Crippen LogP contribution < -0.4 is 20.1 Å². The first-order chi connectivity index (χ1) is 14.5. The van der Waals surface area contributed by atoms with E-state index < -0.39 is 0 Å². The summed E-state index contributed by atoms with van der Waals surface area (Å²) in [6.45, 7) is 8.97. The minimum atomic E-state index is 0.0688. The molecule has 0 aliphatic carbocycles. The van der Waals surface area contributed by atoms with Crippen LogP contribution >= 0.6 is 0 Å². The highest BCUT2D eigenvalue weighted by atomic mass is 16.5. The van der Waals surface area contributed by atoms with Crippen molar-refractivity contribution in [2.45, 2.75) is 52.5 Å². The number of hydrogen-bond donors (Lipinski definition) is 2. The number of piperidine rings is 1. The van der Waals surface area contributed by atoms with Gasteiger partial charge in [-0.2, -0.15) is 0 Å². The Morgan fingerprint density at radius 2 is 2.00 bits per heavy atom. The Bertz CT molecular complexity index is 698. The SMILES string of the molecule is CCOc1cc(CCCNC(=NC)NC2CCN(C(=O)C(C)C)CC2)ccc1OC. The average molecular weight is 419 g/mol. The first-order valence-electron chi connectivity index (χ1n) is 11.0. The second kappa shape index (κ2) is 12.3. The Balaban J connectivity index is 1.73. The van der Waals surface area contributed by atoms with E-state index in [0.29, 0.717) is 12.6 Å². The fourth-order valence-corrected chi connectivity index (χ4v) is 3.64. The summed E-state index contributed by atoms with van der Waals surface area (Å²) in [7, 11) is 3.46. The van der Waals surface area contributed by atoms with Crippen LogP contribution in [-0.2, 0) is 11.2 Å². The van der Waals surface area contributed by atoms with Crippen molar-refractivity contribution >= 4 is 11.9 Å². The quantitative estimate of drug-likeness (QED) is 0.366. The van der Waals surface area contributed by atoms with Crippen LogP contribution in [0.4, 0.5) is 0 Å². The molecule has 30 heavy (non-hydrogen) atoms. The summed E-state index contributed by atoms with van der Waals surface area (Å²) in [6.07, 6.45) is 3.83. The second-order valence-electron chi connectivity index (χ2n) is 7.92. The Labute approximate surface area is 181 Å². The fraction of sp³-hybridized carbons (Fsp3) is 0.652. The molecule has 0 spiro atoms. The van der Waals surface area contributed by atoms with Crippen LogP contribution in [-0.4, -0.2) is 63.2 Å². The molecule has 1 aromatic rings. The highest BCUT2D eigenvalue weighted by molar-refractivity contribution is 5.80. The molecule has 7 nitrogen and oxygen atoms in total. The van der Waals surface area contributed by atoms with E-state index >= 15 is 0 Å². The van der Waals surface area contributed by atoms with E-state index in [0.717, 1.165) is 62.8 Å². The van der Waals surface area contributed by atoms with E-state index in [4.69, 9.17) is 9.47 Å². The molecule has 1 fully saturated rings. The smallest absolute Gasteiger partial charge is 0.225 e. The lowest BCUT2D eigenvalue weighted by molar-refractivity contribution is -0.135. The molecule has 1 aliphatic heterocycles. The average Bonchev–Trinajstić information content (AvgIpc) is 2.76. The van der Waals surface area contributed by atoms with E-state index in [-0.39, 0.29) is 11.8 Å². The molecule has 0 bridgehead atoms. The largest absolute Gasteiger partial charge is 0.493 e. The first-order valence-corrected chi connectivity index (χ1v) is 11.0. The first kappa shape index (κ1) is 23.8. The fourth-order valence-electron chi connectivity index (χ4n) is 3.64. The predicted molar refractivity (Wildman–Crippen MR) is 121 cm³/mol. The Hall–Kier alpha value is -2.44. The molecule has 1 amide bonds. The van der Waals surface area contributed by atoms with Crippen LogP contribution in [0.3, 0.4) is 0 Å². The van der Waals surface area contributed by atoms with Crippen molar-refractivity contribution in [3.05, 3.63) is 23.8 Å². The molecule has 1 heterocycles. The third kappa shape index (κ3) is 7.11. The van der Waals surface area contributed by atoms with Crippen LogP contribution in [0.2, 0.25) is 0 Å². The number of hydrogen-bond acceptors (Lipinski definition) is 4. The number of rotatable bonds is 9. The number of benzene rings is 1. The van der Waals surface area contributed by atoms with Gasteiger partial charge in [0.05, 0.1) is 13.7 Å². The summed E-state index contributed by atoms with van der Waals surface area (Å²) in [5.74, 6) is 2.71. The number of amides is 1. The summed E-state index contributed by atoms with van der Waals surface area (Å²) in [6, 6.07) is 6.45. The van der Waals surface area contributed by atoms with Gasteiger partial charge in [-0.25, -0.2) is 0 Å². The Morgan fingerprint density at radius 3 is 2.60 bits per heavy atom. The van der Waals surface area contributed by atoms with Crippen LogP contribution in [0.5, 0.6) is 11.5 Å². The van der Waals surface area contributed by atoms with Crippen molar-refractivity contribution in [2.75, 3.05) is 40.4 Å². The van der Waals surface area contributed by atoms with Gasteiger partial charge in [-0.1, -0.05) is 19.9 Å². The number of nitrogens with one attached hydrogen (secondary N) is 2. The van der Waals surface area contributed by atoms with Gasteiger partial charge in [-0.05, 0) is 50.3 Å². The maximum atomic E-state index is 12.1. The number of aliphatic imine (C=N–C) groups is 1. The van der Waals surface area contributed by atoms with Gasteiger partial charge in [-0.3, -0.25) is 9.79 Å². The van der Waals surface area contributed by atoms with Gasteiger partial charge in [0.15, 0.2) is 17.5 Å². The lowest BCUT2D eigenvalue weighted by Gasteiger charge is -2.34. The van der Waals surface area contributed by atoms with Crippen molar-refractivity contribution in [3.8, 4) is 11.5 Å². The number of carbonyl (C=O) groups excluding carboxylic acids is 1. The minimum absolute atomic E-state index is 0.0688. The van der Waals surface area contributed by atoms with Crippen LogP contribution in [0, 0.1) is 5.92 Å². The van der Waals surface area contributed by atoms with E-state index in [1.807, 2.05) is 31.7 Å². The predicted octanol–water partition coefficient (Wildman–Crippen LogP) is 2.84. The van der Waals surface area contributed by atoms with Crippen molar-refractivity contribution in [1.29, 1.82) is 0 Å². The number of nitrogens with zero attached hydrogens (tertiary/aromatic N) is 2. The highest BCUT2D eigenvalue weighted by Gasteiger charge is 2.24. The van der Waals surface area contributed by atoms with E-state index in [1.54, 1.807) is 14.2 Å². The molecule has 0 saturated carbocycles. The molecule has 168 valence electrons. The van der Waals surface area contributed by atoms with Crippen molar-refractivity contribution in [3.63, 3.8) is 0 Å². The summed E-state index contributed by atoms with van der Waals surface area (Å²) >= 11 is 0. The number of aryl methyl sites for hydroxylation is 1. The number of guanidine groups is 1. The van der Waals surface area contributed by atoms with Gasteiger partial charge in [0.1, 0.15) is 0 Å². The summed E-state index contributed by atoms with van der Waals surface area (Å²) < 4.78 is 11.0. The van der Waals surface area contributed by atoms with Crippen LogP contribution in [0.1, 0.15) is 45.6 Å². The van der Waals surface area contributed by atoms with Gasteiger partial charge < -0.3 is 25.0 Å². The Morgan fingerprint density at radius 1 is 1.27 bits per heavy atom. The van der Waals surface area contributed by atoms with E-state index in [1.165, 1.54) is 5.56 Å². The van der Waals surface area contributed by atoms with Crippen molar-refractivity contribution in [1.82, 2.24) is 15.5 Å². The zero-order chi connectivity index (χ0) is 21.9. The maximum Gasteiger partial charge on any atom is 0.225 e. The van der Waals surface area contributed by atoms with Crippen molar-refractivity contribution < 1.29 is 14.3 Å². The molecule has 0 atom stereocenters. The van der Waals surface area contributed by atoms with Gasteiger partial charge in [0, 0.05) is 38.6 Å². The molecular formula is C23H38N4O3. The zero-order valence-corrected chi connectivity index (χ0v) is 19.2. The van der Waals surface area contributed by atoms with Gasteiger partial charge in [-0.15, -0.1) is 0 Å². The van der Waals surface area contributed by atoms with E-state index in [2.05, 4.69) is 27.8 Å².